The Morgan fingerprint density at radius 3 is 3.00 bits per heavy atom. The molecule has 0 aliphatic carbocycles. The van der Waals surface area contributed by atoms with Gasteiger partial charge in [-0.3, -0.25) is 4.79 Å². The second-order valence-corrected chi connectivity index (χ2v) is 7.61. The summed E-state index contributed by atoms with van der Waals surface area (Å²) in [5.74, 6) is 0.781. The van der Waals surface area contributed by atoms with Crippen molar-refractivity contribution in [1.29, 1.82) is 0 Å². The van der Waals surface area contributed by atoms with Crippen LogP contribution in [-0.2, 0) is 29.0 Å². The van der Waals surface area contributed by atoms with Crippen LogP contribution in [0.3, 0.4) is 0 Å². The molecule has 1 aliphatic heterocycles. The number of benzene rings is 1. The first-order valence-corrected chi connectivity index (χ1v) is 9.67. The van der Waals surface area contributed by atoms with E-state index in [4.69, 9.17) is 13.8 Å². The number of para-hydroxylation sites is 1. The number of carbonyl (C=O) groups excluding carboxylic acids is 1. The second-order valence-electron chi connectivity index (χ2n) is 6.51. The average molecular weight is 396 g/mol. The first kappa shape index (κ1) is 17.1. The Labute approximate surface area is 163 Å². The van der Waals surface area contributed by atoms with Crippen LogP contribution in [0.4, 0.5) is 5.00 Å². The van der Waals surface area contributed by atoms with Crippen LogP contribution in [0.15, 0.2) is 33.3 Å². The quantitative estimate of drug-likeness (QED) is 0.563. The maximum Gasteiger partial charge on any atom is 0.261 e. The van der Waals surface area contributed by atoms with E-state index < -0.39 is 0 Å². The minimum Gasteiger partial charge on any atom is -0.376 e. The summed E-state index contributed by atoms with van der Waals surface area (Å²) in [5, 5.41) is 12.4. The molecule has 4 aromatic rings. The highest BCUT2D eigenvalue weighted by Gasteiger charge is 2.27. The van der Waals surface area contributed by atoms with Crippen molar-refractivity contribution >= 4 is 33.2 Å². The number of aryl methyl sites for hydroxylation is 1. The van der Waals surface area contributed by atoms with Gasteiger partial charge < -0.3 is 19.1 Å². The standard InChI is InChI=1S/C19H16N4O4S/c1-10-20-18(27-22-10)17-12-6-7-25-9-15(12)28-19(17)21-16(24)8-13-11-4-2-3-5-14(11)26-23-13/h2-5H,6-9H2,1H3,(H,21,24). The molecule has 3 aromatic heterocycles. The van der Waals surface area contributed by atoms with Gasteiger partial charge in [0.2, 0.25) is 5.91 Å². The van der Waals surface area contributed by atoms with Gasteiger partial charge in [0.1, 0.15) is 10.7 Å². The first-order valence-electron chi connectivity index (χ1n) is 8.85. The van der Waals surface area contributed by atoms with Crippen LogP contribution in [0, 0.1) is 6.92 Å². The molecule has 0 fully saturated rings. The SMILES string of the molecule is Cc1noc(-c2c(NC(=O)Cc3noc4ccccc34)sc3c2CCOC3)n1. The lowest BCUT2D eigenvalue weighted by Crippen LogP contribution is -2.14. The van der Waals surface area contributed by atoms with E-state index in [-0.39, 0.29) is 12.3 Å². The summed E-state index contributed by atoms with van der Waals surface area (Å²) >= 11 is 1.48. The number of aromatic nitrogens is 3. The molecule has 0 unspecified atom stereocenters. The molecule has 1 aromatic carbocycles. The van der Waals surface area contributed by atoms with E-state index in [1.165, 1.54) is 11.3 Å². The van der Waals surface area contributed by atoms with Crippen molar-refractivity contribution in [3.05, 3.63) is 46.2 Å². The number of nitrogens with zero attached hydrogens (tertiary/aromatic N) is 3. The van der Waals surface area contributed by atoms with Gasteiger partial charge in [-0.05, 0) is 31.0 Å². The second kappa shape index (κ2) is 6.84. The maximum atomic E-state index is 12.7. The highest BCUT2D eigenvalue weighted by atomic mass is 32.1. The highest BCUT2D eigenvalue weighted by Crippen LogP contribution is 2.42. The number of rotatable bonds is 4. The Bertz CT molecular complexity index is 1180. The third kappa shape index (κ3) is 2.98. The Morgan fingerprint density at radius 2 is 2.14 bits per heavy atom. The number of hydrogen-bond donors (Lipinski definition) is 1. The van der Waals surface area contributed by atoms with Gasteiger partial charge in [-0.15, -0.1) is 11.3 Å². The largest absolute Gasteiger partial charge is 0.376 e. The number of nitrogens with one attached hydrogen (secondary N) is 1. The van der Waals surface area contributed by atoms with Crippen LogP contribution in [0.2, 0.25) is 0 Å². The van der Waals surface area contributed by atoms with Crippen LogP contribution in [0.25, 0.3) is 22.4 Å². The van der Waals surface area contributed by atoms with E-state index >= 15 is 0 Å². The van der Waals surface area contributed by atoms with Gasteiger partial charge in [0.05, 0.1) is 25.2 Å². The molecule has 1 N–H and O–H groups in total. The van der Waals surface area contributed by atoms with Crippen LogP contribution >= 0.6 is 11.3 Å². The summed E-state index contributed by atoms with van der Waals surface area (Å²) in [4.78, 5) is 18.2. The van der Waals surface area contributed by atoms with Crippen molar-refractivity contribution in [3.63, 3.8) is 0 Å². The van der Waals surface area contributed by atoms with E-state index in [1.807, 2.05) is 24.3 Å². The van der Waals surface area contributed by atoms with Crippen molar-refractivity contribution in [2.45, 2.75) is 26.4 Å². The van der Waals surface area contributed by atoms with Gasteiger partial charge in [0, 0.05) is 10.3 Å². The number of carbonyl (C=O) groups is 1. The van der Waals surface area contributed by atoms with Crippen LogP contribution in [-0.4, -0.2) is 27.8 Å². The van der Waals surface area contributed by atoms with Crippen molar-refractivity contribution in [2.24, 2.45) is 0 Å². The molecule has 0 spiro atoms. The number of hydrogen-bond acceptors (Lipinski definition) is 8. The van der Waals surface area contributed by atoms with Gasteiger partial charge >= 0.3 is 0 Å². The number of amides is 1. The Balaban J connectivity index is 1.46. The van der Waals surface area contributed by atoms with Gasteiger partial charge in [0.15, 0.2) is 11.4 Å². The zero-order valence-corrected chi connectivity index (χ0v) is 15.8. The lowest BCUT2D eigenvalue weighted by atomic mass is 10.1. The molecule has 142 valence electrons. The highest BCUT2D eigenvalue weighted by molar-refractivity contribution is 7.17. The predicted molar refractivity (Wildman–Crippen MR) is 102 cm³/mol. The van der Waals surface area contributed by atoms with Crippen molar-refractivity contribution in [2.75, 3.05) is 11.9 Å². The van der Waals surface area contributed by atoms with E-state index in [0.717, 1.165) is 27.8 Å². The molecule has 5 rings (SSSR count). The van der Waals surface area contributed by atoms with E-state index in [9.17, 15) is 4.79 Å². The minimum atomic E-state index is -0.184. The van der Waals surface area contributed by atoms with E-state index in [2.05, 4.69) is 20.6 Å². The van der Waals surface area contributed by atoms with Crippen molar-refractivity contribution in [3.8, 4) is 11.5 Å². The van der Waals surface area contributed by atoms with Crippen LogP contribution in [0.1, 0.15) is 22.0 Å². The zero-order valence-electron chi connectivity index (χ0n) is 15.0. The van der Waals surface area contributed by atoms with Crippen molar-refractivity contribution < 1.29 is 18.6 Å². The van der Waals surface area contributed by atoms with E-state index in [0.29, 0.717) is 41.2 Å². The molecule has 28 heavy (non-hydrogen) atoms. The van der Waals surface area contributed by atoms with Gasteiger partial charge in [-0.2, -0.15) is 4.98 Å². The summed E-state index contributed by atoms with van der Waals surface area (Å²) in [6.07, 6.45) is 0.852. The molecule has 1 aliphatic rings. The number of fused-ring (bicyclic) bond motifs is 2. The van der Waals surface area contributed by atoms with Crippen LogP contribution < -0.4 is 5.32 Å². The summed E-state index contributed by atoms with van der Waals surface area (Å²) < 4.78 is 16.2. The molecule has 9 heteroatoms. The Hall–Kier alpha value is -3.04. The molecule has 1 amide bonds. The Kier molecular flexibility index (Phi) is 4.18. The summed E-state index contributed by atoms with van der Waals surface area (Å²) in [7, 11) is 0. The number of thiophene rings is 1. The zero-order chi connectivity index (χ0) is 19.1. The van der Waals surface area contributed by atoms with Crippen molar-refractivity contribution in [1.82, 2.24) is 15.3 Å². The summed E-state index contributed by atoms with van der Waals surface area (Å²) in [6.45, 7) is 2.91. The molecule has 0 atom stereocenters. The lowest BCUT2D eigenvalue weighted by Gasteiger charge is -2.12. The van der Waals surface area contributed by atoms with Gasteiger partial charge in [0.25, 0.3) is 5.89 Å². The molecule has 0 saturated heterocycles. The van der Waals surface area contributed by atoms with Gasteiger partial charge in [-0.1, -0.05) is 22.4 Å². The molecule has 0 radical (unpaired) electrons. The fraction of sp³-hybridized carbons (Fsp3) is 0.263. The fourth-order valence-electron chi connectivity index (χ4n) is 3.33. The summed E-state index contributed by atoms with van der Waals surface area (Å²) in [6, 6.07) is 7.48. The monoisotopic (exact) mass is 396 g/mol. The smallest absolute Gasteiger partial charge is 0.261 e. The number of ether oxygens (including phenoxy) is 1. The van der Waals surface area contributed by atoms with E-state index in [1.54, 1.807) is 6.92 Å². The fourth-order valence-corrected chi connectivity index (χ4v) is 4.53. The molecule has 0 bridgehead atoms. The summed E-state index contributed by atoms with van der Waals surface area (Å²) in [5.41, 5.74) is 3.16. The maximum absolute atomic E-state index is 12.7. The minimum absolute atomic E-state index is 0.110. The number of anilines is 1. The third-order valence-corrected chi connectivity index (χ3v) is 5.72. The first-order chi connectivity index (χ1) is 13.7. The molecular weight excluding hydrogens is 380 g/mol. The third-order valence-electron chi connectivity index (χ3n) is 4.59. The molecule has 8 nitrogen and oxygen atoms in total. The normalized spacial score (nSPS) is 13.6. The Morgan fingerprint density at radius 1 is 1.25 bits per heavy atom. The lowest BCUT2D eigenvalue weighted by molar-refractivity contribution is -0.115. The average Bonchev–Trinajstić information content (AvgIpc) is 3.39. The molecule has 4 heterocycles. The van der Waals surface area contributed by atoms with Crippen LogP contribution in [0.5, 0.6) is 0 Å². The molecular formula is C19H16N4O4S. The predicted octanol–water partition coefficient (Wildman–Crippen LogP) is 3.50. The molecule has 0 saturated carbocycles. The topological polar surface area (TPSA) is 103 Å². The van der Waals surface area contributed by atoms with Gasteiger partial charge in [-0.25, -0.2) is 0 Å².